The van der Waals surface area contributed by atoms with E-state index >= 15 is 0 Å². The minimum Gasteiger partial charge on any atom is -0.341 e. The second kappa shape index (κ2) is 5.39. The minimum atomic E-state index is -2.51. The summed E-state index contributed by atoms with van der Waals surface area (Å²) in [5, 5.41) is 0. The lowest BCUT2D eigenvalue weighted by Crippen LogP contribution is -2.47. The normalized spacial score (nSPS) is 20.7. The van der Waals surface area contributed by atoms with Gasteiger partial charge in [-0.15, -0.1) is 0 Å². The number of nitrogens with two attached hydrogens (primary N) is 1. The van der Waals surface area contributed by atoms with Gasteiger partial charge >= 0.3 is 0 Å². The van der Waals surface area contributed by atoms with Gasteiger partial charge in [-0.1, -0.05) is 6.92 Å². The number of amides is 1. The minimum absolute atomic E-state index is 0.331. The Bertz CT molecular complexity index is 215. The topological polar surface area (TPSA) is 46.3 Å². The molecule has 5 heteroatoms. The zero-order chi connectivity index (χ0) is 11.4. The van der Waals surface area contributed by atoms with E-state index in [1.807, 2.05) is 0 Å². The highest BCUT2D eigenvalue weighted by molar-refractivity contribution is 5.81. The van der Waals surface area contributed by atoms with E-state index < -0.39 is 18.9 Å². The predicted octanol–water partition coefficient (Wildman–Crippen LogP) is 1.23. The lowest BCUT2D eigenvalue weighted by atomic mass is 9.98. The molecule has 0 bridgehead atoms. The summed E-state index contributed by atoms with van der Waals surface area (Å²) in [6.07, 6.45) is -1.17. The second-order valence-electron chi connectivity index (χ2n) is 4.24. The van der Waals surface area contributed by atoms with Gasteiger partial charge in [-0.25, -0.2) is 8.78 Å². The summed E-state index contributed by atoms with van der Waals surface area (Å²) in [5.74, 6) is 0.280. The quantitative estimate of drug-likeness (QED) is 0.777. The summed E-state index contributed by atoms with van der Waals surface area (Å²) in [4.78, 5) is 13.2. The summed E-state index contributed by atoms with van der Waals surface area (Å²) in [7, 11) is 0. The van der Waals surface area contributed by atoms with Crippen molar-refractivity contribution in [1.82, 2.24) is 4.90 Å². The van der Waals surface area contributed by atoms with Crippen molar-refractivity contribution >= 4 is 5.91 Å². The van der Waals surface area contributed by atoms with E-state index in [2.05, 4.69) is 6.92 Å². The predicted molar refractivity (Wildman–Crippen MR) is 53.6 cm³/mol. The molecule has 1 amide bonds. The van der Waals surface area contributed by atoms with Crippen molar-refractivity contribution in [3.8, 4) is 0 Å². The van der Waals surface area contributed by atoms with Crippen LogP contribution in [-0.2, 0) is 4.79 Å². The first-order valence-electron chi connectivity index (χ1n) is 5.33. The largest absolute Gasteiger partial charge is 0.341 e. The first kappa shape index (κ1) is 12.4. The molecule has 2 N–H and O–H groups in total. The van der Waals surface area contributed by atoms with Crippen molar-refractivity contribution < 1.29 is 13.6 Å². The number of hydrogen-bond donors (Lipinski definition) is 1. The van der Waals surface area contributed by atoms with E-state index in [1.54, 1.807) is 4.90 Å². The molecular weight excluding hydrogens is 202 g/mol. The van der Waals surface area contributed by atoms with Gasteiger partial charge in [0.1, 0.15) is 0 Å². The fourth-order valence-electron chi connectivity index (χ4n) is 1.76. The van der Waals surface area contributed by atoms with Gasteiger partial charge in [-0.3, -0.25) is 4.79 Å². The number of nitrogens with zero attached hydrogens (tertiary/aromatic N) is 1. The summed E-state index contributed by atoms with van der Waals surface area (Å²) in [5.41, 5.74) is 5.41. The van der Waals surface area contributed by atoms with Crippen molar-refractivity contribution in [3.05, 3.63) is 0 Å². The molecule has 1 heterocycles. The van der Waals surface area contributed by atoms with Crippen molar-refractivity contribution in [2.24, 2.45) is 11.7 Å². The maximum atomic E-state index is 12.0. The SMILES string of the molecule is CC1CCN(C(=O)C(N)CC(F)F)CC1. The molecule has 1 fully saturated rings. The third-order valence-corrected chi connectivity index (χ3v) is 2.84. The van der Waals surface area contributed by atoms with Crippen LogP contribution in [0.2, 0.25) is 0 Å². The van der Waals surface area contributed by atoms with Crippen LogP contribution in [0.3, 0.4) is 0 Å². The third kappa shape index (κ3) is 3.74. The van der Waals surface area contributed by atoms with E-state index in [4.69, 9.17) is 5.73 Å². The van der Waals surface area contributed by atoms with Gasteiger partial charge in [0.25, 0.3) is 0 Å². The molecule has 1 rings (SSSR count). The number of halogens is 2. The Morgan fingerprint density at radius 3 is 2.47 bits per heavy atom. The Morgan fingerprint density at radius 2 is 2.00 bits per heavy atom. The molecule has 1 aliphatic heterocycles. The number of rotatable bonds is 3. The van der Waals surface area contributed by atoms with Gasteiger partial charge in [-0.2, -0.15) is 0 Å². The summed E-state index contributed by atoms with van der Waals surface area (Å²) in [6.45, 7) is 3.43. The van der Waals surface area contributed by atoms with Crippen LogP contribution in [0.4, 0.5) is 8.78 Å². The molecule has 0 radical (unpaired) electrons. The summed E-state index contributed by atoms with van der Waals surface area (Å²) >= 11 is 0. The van der Waals surface area contributed by atoms with E-state index in [1.165, 1.54) is 0 Å². The van der Waals surface area contributed by atoms with Crippen LogP contribution in [0.5, 0.6) is 0 Å². The molecule has 3 nitrogen and oxygen atoms in total. The molecule has 0 spiro atoms. The fraction of sp³-hybridized carbons (Fsp3) is 0.900. The van der Waals surface area contributed by atoms with E-state index in [0.717, 1.165) is 12.8 Å². The van der Waals surface area contributed by atoms with Crippen molar-refractivity contribution in [1.29, 1.82) is 0 Å². The van der Waals surface area contributed by atoms with Crippen LogP contribution in [0, 0.1) is 5.92 Å². The number of likely N-dealkylation sites (tertiary alicyclic amines) is 1. The van der Waals surface area contributed by atoms with Gasteiger partial charge in [0.05, 0.1) is 6.04 Å². The number of piperidine rings is 1. The van der Waals surface area contributed by atoms with Crippen LogP contribution in [0.1, 0.15) is 26.2 Å². The highest BCUT2D eigenvalue weighted by atomic mass is 19.3. The first-order chi connectivity index (χ1) is 7.00. The molecule has 1 unspecified atom stereocenters. The zero-order valence-corrected chi connectivity index (χ0v) is 8.96. The molecule has 0 aromatic carbocycles. The standard InChI is InChI=1S/C10H18F2N2O/c1-7-2-4-14(5-3-7)10(15)8(13)6-9(11)12/h7-9H,2-6,13H2,1H3. The van der Waals surface area contributed by atoms with E-state index in [9.17, 15) is 13.6 Å². The maximum Gasteiger partial charge on any atom is 0.240 e. The van der Waals surface area contributed by atoms with Crippen LogP contribution in [0.25, 0.3) is 0 Å². The van der Waals surface area contributed by atoms with Gasteiger partial charge in [-0.05, 0) is 18.8 Å². The Labute approximate surface area is 88.6 Å². The van der Waals surface area contributed by atoms with Gasteiger partial charge in [0.15, 0.2) is 0 Å². The second-order valence-corrected chi connectivity index (χ2v) is 4.24. The molecule has 88 valence electrons. The van der Waals surface area contributed by atoms with Gasteiger partial charge in [0, 0.05) is 19.5 Å². The average molecular weight is 220 g/mol. The zero-order valence-electron chi connectivity index (χ0n) is 8.96. The van der Waals surface area contributed by atoms with Crippen LogP contribution in [0.15, 0.2) is 0 Å². The van der Waals surface area contributed by atoms with E-state index in [0.29, 0.717) is 19.0 Å². The Kier molecular flexibility index (Phi) is 4.45. The third-order valence-electron chi connectivity index (χ3n) is 2.84. The number of hydrogen-bond acceptors (Lipinski definition) is 2. The smallest absolute Gasteiger partial charge is 0.240 e. The molecule has 15 heavy (non-hydrogen) atoms. The van der Waals surface area contributed by atoms with Gasteiger partial charge in [0.2, 0.25) is 12.3 Å². The summed E-state index contributed by atoms with van der Waals surface area (Å²) < 4.78 is 24.0. The highest BCUT2D eigenvalue weighted by Gasteiger charge is 2.26. The Balaban J connectivity index is 2.39. The average Bonchev–Trinajstić information content (AvgIpc) is 2.17. The lowest BCUT2D eigenvalue weighted by Gasteiger charge is -2.32. The Morgan fingerprint density at radius 1 is 1.47 bits per heavy atom. The first-order valence-corrected chi connectivity index (χ1v) is 5.33. The molecular formula is C10H18F2N2O. The van der Waals surface area contributed by atoms with Crippen molar-refractivity contribution in [2.75, 3.05) is 13.1 Å². The Hall–Kier alpha value is -0.710. The van der Waals surface area contributed by atoms with Crippen LogP contribution >= 0.6 is 0 Å². The van der Waals surface area contributed by atoms with E-state index in [-0.39, 0.29) is 5.91 Å². The van der Waals surface area contributed by atoms with Crippen LogP contribution < -0.4 is 5.73 Å². The van der Waals surface area contributed by atoms with Gasteiger partial charge < -0.3 is 10.6 Å². The molecule has 0 aromatic heterocycles. The van der Waals surface area contributed by atoms with Crippen molar-refractivity contribution in [3.63, 3.8) is 0 Å². The fourth-order valence-corrected chi connectivity index (χ4v) is 1.76. The number of carbonyl (C=O) groups excluding carboxylic acids is 1. The highest BCUT2D eigenvalue weighted by Crippen LogP contribution is 2.17. The molecule has 1 saturated heterocycles. The molecule has 1 aliphatic rings. The van der Waals surface area contributed by atoms with Crippen molar-refractivity contribution in [2.45, 2.75) is 38.7 Å². The number of alkyl halides is 2. The molecule has 1 atom stereocenters. The maximum absolute atomic E-state index is 12.0. The molecule has 0 saturated carbocycles. The summed E-state index contributed by atoms with van der Waals surface area (Å²) in [6, 6.07) is -1.04. The molecule has 0 aromatic rings. The lowest BCUT2D eigenvalue weighted by molar-refractivity contribution is -0.134. The number of carbonyl (C=O) groups is 1. The van der Waals surface area contributed by atoms with Crippen LogP contribution in [-0.4, -0.2) is 36.4 Å². The molecule has 0 aliphatic carbocycles. The monoisotopic (exact) mass is 220 g/mol.